The molecule has 5 aromatic rings. The summed E-state index contributed by atoms with van der Waals surface area (Å²) in [7, 11) is -3.79. The van der Waals surface area contributed by atoms with Gasteiger partial charge in [0.2, 0.25) is 0 Å². The summed E-state index contributed by atoms with van der Waals surface area (Å²) in [5.41, 5.74) is 3.21. The predicted octanol–water partition coefficient (Wildman–Crippen LogP) is 8.91. The number of amides is 1. The van der Waals surface area contributed by atoms with Crippen LogP contribution >= 0.6 is 39.5 Å². The summed E-state index contributed by atoms with van der Waals surface area (Å²) in [4.78, 5) is 13.9. The number of halogens is 2. The Morgan fingerprint density at radius 2 is 1.49 bits per heavy atom. The monoisotopic (exact) mass is 695 g/mol. The lowest BCUT2D eigenvalue weighted by Gasteiger charge is -2.27. The van der Waals surface area contributed by atoms with Crippen LogP contribution in [0.1, 0.15) is 35.7 Å². The van der Waals surface area contributed by atoms with Crippen molar-refractivity contribution in [2.24, 2.45) is 0 Å². The van der Waals surface area contributed by atoms with Gasteiger partial charge >= 0.3 is 7.60 Å². The Balaban J connectivity index is 1.61. The summed E-state index contributed by atoms with van der Waals surface area (Å²) >= 11 is 6.93. The van der Waals surface area contributed by atoms with Crippen LogP contribution < -0.4 is 5.32 Å². The zero-order valence-corrected chi connectivity index (χ0v) is 26.5. The molecule has 4 aromatic carbocycles. The summed E-state index contributed by atoms with van der Waals surface area (Å²) in [6, 6.07) is 30.8. The number of carbonyl (C=O) groups is 1. The molecule has 1 N–H and O–H groups in total. The number of aromatic nitrogens is 2. The standard InChI is InChI=1S/C31H28Br2N3O4P/c1-3-39-41(38,40-4-2)31(22-12-14-23(32)15-13-22)34-30(37)28-20-29(36(35-28)25-18-16-24(33)17-19-25)27-11-7-9-21-8-5-6-10-26(21)27/h5-20,31H,3-4H2,1-2H3,(H,34,37). The molecule has 0 fully saturated rings. The predicted molar refractivity (Wildman–Crippen MR) is 169 cm³/mol. The van der Waals surface area contributed by atoms with Gasteiger partial charge in [-0.05, 0) is 72.6 Å². The molecule has 0 radical (unpaired) electrons. The average molecular weight is 697 g/mol. The summed E-state index contributed by atoms with van der Waals surface area (Å²) in [6.07, 6.45) is 0. The van der Waals surface area contributed by atoms with Gasteiger partial charge in [-0.1, -0.05) is 86.5 Å². The Labute approximate surface area is 255 Å². The number of hydrogen-bond acceptors (Lipinski definition) is 5. The number of hydrogen-bond donors (Lipinski definition) is 1. The summed E-state index contributed by atoms with van der Waals surface area (Å²) in [5, 5.41) is 9.76. The van der Waals surface area contributed by atoms with Crippen LogP contribution in [0.2, 0.25) is 0 Å². The maximum atomic E-state index is 14.0. The van der Waals surface area contributed by atoms with E-state index in [0.717, 1.165) is 36.7 Å². The first-order valence-corrected chi connectivity index (χ1v) is 16.3. The van der Waals surface area contributed by atoms with Crippen molar-refractivity contribution in [1.82, 2.24) is 15.1 Å². The van der Waals surface area contributed by atoms with E-state index in [9.17, 15) is 9.36 Å². The van der Waals surface area contributed by atoms with Gasteiger partial charge in [0, 0.05) is 14.5 Å². The van der Waals surface area contributed by atoms with Gasteiger partial charge in [0.05, 0.1) is 24.6 Å². The van der Waals surface area contributed by atoms with Crippen LogP contribution in [0.5, 0.6) is 0 Å². The summed E-state index contributed by atoms with van der Waals surface area (Å²) in [6.45, 7) is 3.79. The van der Waals surface area contributed by atoms with Gasteiger partial charge in [-0.2, -0.15) is 5.10 Å². The Hall–Kier alpha value is -3.07. The molecular formula is C31H28Br2N3O4P. The maximum absolute atomic E-state index is 14.0. The topological polar surface area (TPSA) is 82.5 Å². The number of benzene rings is 4. The molecule has 10 heteroatoms. The van der Waals surface area contributed by atoms with Crippen LogP contribution in [0.15, 0.2) is 106 Å². The van der Waals surface area contributed by atoms with Gasteiger partial charge in [-0.25, -0.2) is 4.68 Å². The van der Waals surface area contributed by atoms with Crippen molar-refractivity contribution >= 4 is 56.1 Å². The van der Waals surface area contributed by atoms with Crippen molar-refractivity contribution in [2.45, 2.75) is 19.6 Å². The Kier molecular flexibility index (Phi) is 9.22. The molecule has 0 aliphatic rings. The highest BCUT2D eigenvalue weighted by Crippen LogP contribution is 2.59. The Bertz CT molecular complexity index is 1710. The van der Waals surface area contributed by atoms with Gasteiger partial charge in [0.15, 0.2) is 11.5 Å². The number of nitrogens with one attached hydrogen (secondary N) is 1. The van der Waals surface area contributed by atoms with E-state index in [0.29, 0.717) is 5.56 Å². The lowest BCUT2D eigenvalue weighted by atomic mass is 10.0. The third-order valence-electron chi connectivity index (χ3n) is 6.47. The molecule has 210 valence electrons. The van der Waals surface area contributed by atoms with Crippen LogP contribution in [0, 0.1) is 0 Å². The smallest absolute Gasteiger partial charge is 0.333 e. The molecule has 7 nitrogen and oxygen atoms in total. The van der Waals surface area contributed by atoms with E-state index in [1.54, 1.807) is 36.7 Å². The fraction of sp³-hybridized carbons (Fsp3) is 0.161. The van der Waals surface area contributed by atoms with Crippen LogP contribution in [0.3, 0.4) is 0 Å². The molecule has 0 bridgehead atoms. The fourth-order valence-corrected chi connectivity index (χ4v) is 7.08. The third kappa shape index (κ3) is 6.40. The molecule has 41 heavy (non-hydrogen) atoms. The molecule has 0 aliphatic carbocycles. The second-order valence-corrected chi connectivity index (χ2v) is 13.1. The van der Waals surface area contributed by atoms with Crippen molar-refractivity contribution in [3.63, 3.8) is 0 Å². The second kappa shape index (κ2) is 12.8. The van der Waals surface area contributed by atoms with E-state index in [2.05, 4.69) is 49.3 Å². The van der Waals surface area contributed by atoms with Gasteiger partial charge in [-0.15, -0.1) is 0 Å². The molecule has 0 saturated heterocycles. The molecule has 0 saturated carbocycles. The molecule has 1 heterocycles. The first-order valence-electron chi connectivity index (χ1n) is 13.1. The lowest BCUT2D eigenvalue weighted by molar-refractivity contribution is 0.0932. The average Bonchev–Trinajstić information content (AvgIpc) is 3.42. The minimum atomic E-state index is -3.79. The SMILES string of the molecule is CCOP(=O)(OCC)C(NC(=O)c1cc(-c2cccc3ccccc23)n(-c2ccc(Br)cc2)n1)c1ccc(Br)cc1. The molecule has 1 aromatic heterocycles. The van der Waals surface area contributed by atoms with Crippen LogP contribution in [-0.2, 0) is 13.6 Å². The zero-order valence-electron chi connectivity index (χ0n) is 22.5. The quantitative estimate of drug-likeness (QED) is 0.148. The molecule has 1 atom stereocenters. The minimum Gasteiger partial charge on any atom is -0.333 e. The van der Waals surface area contributed by atoms with Crippen molar-refractivity contribution in [1.29, 1.82) is 0 Å². The molecule has 5 rings (SSSR count). The van der Waals surface area contributed by atoms with Gasteiger partial charge < -0.3 is 14.4 Å². The summed E-state index contributed by atoms with van der Waals surface area (Å²) < 4.78 is 28.8. The summed E-state index contributed by atoms with van der Waals surface area (Å²) in [5.74, 6) is -1.54. The zero-order chi connectivity index (χ0) is 29.0. The third-order valence-corrected chi connectivity index (χ3v) is 9.82. The van der Waals surface area contributed by atoms with Crippen LogP contribution in [0.25, 0.3) is 27.7 Å². The molecule has 1 unspecified atom stereocenters. The van der Waals surface area contributed by atoms with Crippen molar-refractivity contribution in [3.8, 4) is 16.9 Å². The first-order chi connectivity index (χ1) is 19.8. The molecule has 0 aliphatic heterocycles. The first kappa shape index (κ1) is 29.4. The van der Waals surface area contributed by atoms with Gasteiger partial charge in [0.1, 0.15) is 0 Å². The van der Waals surface area contributed by atoms with Crippen molar-refractivity contribution in [2.75, 3.05) is 13.2 Å². The second-order valence-electron chi connectivity index (χ2n) is 9.13. The molecular weight excluding hydrogens is 669 g/mol. The van der Waals surface area contributed by atoms with E-state index in [1.807, 2.05) is 66.7 Å². The normalized spacial score (nSPS) is 12.4. The van der Waals surface area contributed by atoms with Crippen molar-refractivity contribution < 1.29 is 18.4 Å². The number of rotatable bonds is 10. The van der Waals surface area contributed by atoms with Crippen molar-refractivity contribution in [3.05, 3.63) is 117 Å². The Morgan fingerprint density at radius 3 is 2.15 bits per heavy atom. The highest BCUT2D eigenvalue weighted by Gasteiger charge is 2.39. The largest absolute Gasteiger partial charge is 0.357 e. The van der Waals surface area contributed by atoms with E-state index in [-0.39, 0.29) is 18.9 Å². The van der Waals surface area contributed by atoms with Crippen LogP contribution in [0.4, 0.5) is 0 Å². The molecule has 1 amide bonds. The highest BCUT2D eigenvalue weighted by molar-refractivity contribution is 9.10. The maximum Gasteiger partial charge on any atom is 0.357 e. The Morgan fingerprint density at radius 1 is 0.878 bits per heavy atom. The van der Waals surface area contributed by atoms with Crippen LogP contribution in [-0.4, -0.2) is 28.9 Å². The van der Waals surface area contributed by atoms with E-state index >= 15 is 0 Å². The number of fused-ring (bicyclic) bond motifs is 1. The number of nitrogens with zero attached hydrogens (tertiary/aromatic N) is 2. The van der Waals surface area contributed by atoms with Gasteiger partial charge in [-0.3, -0.25) is 9.36 Å². The lowest BCUT2D eigenvalue weighted by Crippen LogP contribution is -2.30. The number of carbonyl (C=O) groups excluding carboxylic acids is 1. The van der Waals surface area contributed by atoms with Gasteiger partial charge in [0.25, 0.3) is 5.91 Å². The minimum absolute atomic E-state index is 0.156. The van der Waals surface area contributed by atoms with E-state index in [1.165, 1.54) is 0 Å². The van der Waals surface area contributed by atoms with E-state index in [4.69, 9.17) is 14.1 Å². The van der Waals surface area contributed by atoms with E-state index < -0.39 is 19.3 Å². The fourth-order valence-electron chi connectivity index (χ4n) is 4.65. The molecule has 0 spiro atoms. The highest BCUT2D eigenvalue weighted by atomic mass is 79.9.